The molecule has 5 rings (SSSR count). The predicted octanol–water partition coefficient (Wildman–Crippen LogP) is 7.24. The van der Waals surface area contributed by atoms with Crippen LogP contribution in [0.3, 0.4) is 0 Å². The largest absolute Gasteiger partial charge is 0.354 e. The van der Waals surface area contributed by atoms with E-state index in [2.05, 4.69) is 133 Å². The van der Waals surface area contributed by atoms with Crippen LogP contribution in [0.2, 0.25) is 0 Å². The van der Waals surface area contributed by atoms with E-state index in [1.807, 2.05) is 18.2 Å². The van der Waals surface area contributed by atoms with Crippen molar-refractivity contribution >= 4 is 40.0 Å². The molecule has 0 radical (unpaired) electrons. The van der Waals surface area contributed by atoms with Crippen LogP contribution < -0.4 is 21.2 Å². The van der Waals surface area contributed by atoms with Crippen molar-refractivity contribution < 1.29 is 0 Å². The third kappa shape index (κ3) is 4.39. The minimum atomic E-state index is -2.32. The van der Waals surface area contributed by atoms with E-state index in [1.165, 1.54) is 15.9 Å². The molecule has 33 heavy (non-hydrogen) atoms. The van der Waals surface area contributed by atoms with Gasteiger partial charge in [0.25, 0.3) is 0 Å². The molecule has 1 N–H and O–H groups in total. The summed E-state index contributed by atoms with van der Waals surface area (Å²) in [6, 6.07) is 50.7. The Hall–Kier alpha value is -3.87. The molecular weight excluding hydrogens is 419 g/mol. The number of nitrogens with one attached hydrogen (secondary N) is 1. The highest BCUT2D eigenvalue weighted by Crippen LogP contribution is 2.50. The summed E-state index contributed by atoms with van der Waals surface area (Å²) in [5.74, 6) is 0. The Labute approximate surface area is 195 Å². The van der Waals surface area contributed by atoms with Gasteiger partial charge in [-0.3, -0.25) is 4.74 Å². The maximum atomic E-state index is 5.65. The first-order chi connectivity index (χ1) is 16.4. The molecule has 0 unspecified atom stereocenters. The van der Waals surface area contributed by atoms with Gasteiger partial charge in [0.05, 0.1) is 18.4 Å². The lowest BCUT2D eigenvalue weighted by Gasteiger charge is -2.27. The van der Waals surface area contributed by atoms with Gasteiger partial charge in [0.1, 0.15) is 0 Å². The Balaban J connectivity index is 1.81. The second-order valence-electron chi connectivity index (χ2n) is 7.75. The minimum Gasteiger partial charge on any atom is -0.354 e. The highest BCUT2D eigenvalue weighted by molar-refractivity contribution is 7.87. The van der Waals surface area contributed by atoms with E-state index < -0.39 is 7.05 Å². The van der Waals surface area contributed by atoms with Gasteiger partial charge in [-0.25, -0.2) is 0 Å². The highest BCUT2D eigenvalue weighted by atomic mass is 31.2. The maximum Gasteiger partial charge on any atom is 0.0860 e. The van der Waals surface area contributed by atoms with Crippen LogP contribution in [-0.2, 0) is 0 Å². The number of rotatable bonds is 6. The van der Waals surface area contributed by atoms with Crippen molar-refractivity contribution in [2.75, 3.05) is 5.32 Å². The number of para-hydroxylation sites is 2. The van der Waals surface area contributed by atoms with E-state index in [1.54, 1.807) is 0 Å². The molecule has 0 aliphatic rings. The first-order valence-corrected chi connectivity index (χ1v) is 12.8. The molecule has 0 fully saturated rings. The summed E-state index contributed by atoms with van der Waals surface area (Å²) in [7, 11) is -2.32. The Morgan fingerprint density at radius 2 is 0.818 bits per heavy atom. The van der Waals surface area contributed by atoms with Crippen molar-refractivity contribution in [3.63, 3.8) is 0 Å². The second kappa shape index (κ2) is 9.73. The van der Waals surface area contributed by atoms with Crippen LogP contribution in [0.5, 0.6) is 0 Å². The van der Waals surface area contributed by atoms with Gasteiger partial charge in [-0.05, 0) is 24.3 Å². The Bertz CT molecular complexity index is 1260. The summed E-state index contributed by atoms with van der Waals surface area (Å²) < 4.78 is 5.65. The van der Waals surface area contributed by atoms with Crippen LogP contribution in [-0.4, -0.2) is 0 Å². The third-order valence-corrected chi connectivity index (χ3v) is 9.26. The molecule has 0 aliphatic carbocycles. The normalized spacial score (nSPS) is 11.0. The molecule has 0 aliphatic heterocycles. The standard InChI is InChI=1S/C30H25N2P/c1-5-15-25(16-6-1)31-29-23-13-14-24-30(29)32-33(26-17-7-2-8-18-26,27-19-9-3-10-20-27)28-21-11-4-12-22-28/h1-24,31H. The Kier molecular flexibility index (Phi) is 6.19. The van der Waals surface area contributed by atoms with Gasteiger partial charge in [-0.15, -0.1) is 0 Å². The topological polar surface area (TPSA) is 24.4 Å². The molecule has 0 amide bonds. The highest BCUT2D eigenvalue weighted by Gasteiger charge is 2.27. The molecule has 2 nitrogen and oxygen atoms in total. The molecule has 0 heterocycles. The van der Waals surface area contributed by atoms with Crippen LogP contribution in [0.25, 0.3) is 0 Å². The Morgan fingerprint density at radius 3 is 1.30 bits per heavy atom. The van der Waals surface area contributed by atoms with Gasteiger partial charge in [0.15, 0.2) is 0 Å². The molecule has 5 aromatic carbocycles. The quantitative estimate of drug-likeness (QED) is 0.274. The monoisotopic (exact) mass is 444 g/mol. The molecule has 0 aromatic heterocycles. The van der Waals surface area contributed by atoms with E-state index in [4.69, 9.17) is 4.74 Å². The van der Waals surface area contributed by atoms with Crippen LogP contribution in [0, 0.1) is 0 Å². The number of hydrogen-bond acceptors (Lipinski definition) is 2. The molecule has 160 valence electrons. The smallest absolute Gasteiger partial charge is 0.0860 e. The van der Waals surface area contributed by atoms with E-state index in [9.17, 15) is 0 Å². The molecule has 0 saturated heterocycles. The molecule has 0 saturated carbocycles. The minimum absolute atomic E-state index is 0.950. The lowest BCUT2D eigenvalue weighted by molar-refractivity contribution is 1.49. The van der Waals surface area contributed by atoms with E-state index in [-0.39, 0.29) is 0 Å². The summed E-state index contributed by atoms with van der Waals surface area (Å²) in [4.78, 5) is 0. The van der Waals surface area contributed by atoms with E-state index >= 15 is 0 Å². The fourth-order valence-electron chi connectivity index (χ4n) is 4.06. The van der Waals surface area contributed by atoms with E-state index in [0.717, 1.165) is 17.1 Å². The van der Waals surface area contributed by atoms with Gasteiger partial charge >= 0.3 is 0 Å². The van der Waals surface area contributed by atoms with Crippen LogP contribution in [0.15, 0.2) is 150 Å². The predicted molar refractivity (Wildman–Crippen MR) is 143 cm³/mol. The van der Waals surface area contributed by atoms with Crippen molar-refractivity contribution in [2.45, 2.75) is 0 Å². The fraction of sp³-hybridized carbons (Fsp3) is 0. The fourth-order valence-corrected chi connectivity index (χ4v) is 7.61. The molecule has 0 atom stereocenters. The van der Waals surface area contributed by atoms with Crippen molar-refractivity contribution in [1.82, 2.24) is 0 Å². The van der Waals surface area contributed by atoms with Crippen LogP contribution >= 0.6 is 7.05 Å². The van der Waals surface area contributed by atoms with Crippen LogP contribution in [0.4, 0.5) is 17.1 Å². The summed E-state index contributed by atoms with van der Waals surface area (Å²) in [6.45, 7) is 0. The Morgan fingerprint density at radius 1 is 0.424 bits per heavy atom. The summed E-state index contributed by atoms with van der Waals surface area (Å²) in [6.07, 6.45) is 0. The molecular formula is C30H25N2P. The van der Waals surface area contributed by atoms with Crippen molar-refractivity contribution in [3.8, 4) is 0 Å². The number of anilines is 2. The zero-order chi connectivity index (χ0) is 22.3. The van der Waals surface area contributed by atoms with Gasteiger partial charge in [0.2, 0.25) is 0 Å². The van der Waals surface area contributed by atoms with Gasteiger partial charge in [-0.2, -0.15) is 0 Å². The lowest BCUT2D eigenvalue weighted by Crippen LogP contribution is -2.25. The number of hydrogen-bond donors (Lipinski definition) is 1. The van der Waals surface area contributed by atoms with E-state index in [0.29, 0.717) is 0 Å². The van der Waals surface area contributed by atoms with Gasteiger partial charge in [-0.1, -0.05) is 121 Å². The SMILES string of the molecule is c1ccc(Nc2ccccc2N=P(c2ccccc2)(c2ccccc2)c2ccccc2)cc1. The van der Waals surface area contributed by atoms with Crippen molar-refractivity contribution in [3.05, 3.63) is 146 Å². The lowest BCUT2D eigenvalue weighted by atomic mass is 10.2. The average molecular weight is 445 g/mol. The van der Waals surface area contributed by atoms with Crippen molar-refractivity contribution in [1.29, 1.82) is 0 Å². The van der Waals surface area contributed by atoms with Crippen LogP contribution in [0.1, 0.15) is 0 Å². The maximum absolute atomic E-state index is 5.65. The first-order valence-electron chi connectivity index (χ1n) is 11.1. The zero-order valence-corrected chi connectivity index (χ0v) is 19.1. The molecule has 0 bridgehead atoms. The summed E-state index contributed by atoms with van der Waals surface area (Å²) in [5.41, 5.74) is 2.99. The summed E-state index contributed by atoms with van der Waals surface area (Å²) >= 11 is 0. The molecule has 3 heteroatoms. The average Bonchev–Trinajstić information content (AvgIpc) is 2.90. The summed E-state index contributed by atoms with van der Waals surface area (Å²) in [5, 5.41) is 7.27. The third-order valence-electron chi connectivity index (χ3n) is 5.60. The van der Waals surface area contributed by atoms with Crippen molar-refractivity contribution in [2.24, 2.45) is 4.74 Å². The number of nitrogens with zero attached hydrogens (tertiary/aromatic N) is 1. The second-order valence-corrected chi connectivity index (χ2v) is 10.8. The first kappa shape index (κ1) is 21.0. The molecule has 0 spiro atoms. The van der Waals surface area contributed by atoms with Gasteiger partial charge < -0.3 is 5.32 Å². The van der Waals surface area contributed by atoms with Gasteiger partial charge in [0, 0.05) is 21.6 Å². The molecule has 5 aromatic rings. The zero-order valence-electron chi connectivity index (χ0n) is 18.3. The number of benzene rings is 5.